The van der Waals surface area contributed by atoms with Gasteiger partial charge in [0.25, 0.3) is 7.82 Å². The predicted octanol–water partition coefficient (Wildman–Crippen LogP) is 12.2. The topological polar surface area (TPSA) is 168 Å². The van der Waals surface area contributed by atoms with Crippen molar-refractivity contribution in [1.29, 1.82) is 0 Å². The summed E-state index contributed by atoms with van der Waals surface area (Å²) in [6, 6.07) is 0. The maximum Gasteiger partial charge on any atom is 0.306 e. The Kier molecular flexibility index (Phi) is 45.3. The van der Waals surface area contributed by atoms with Gasteiger partial charge in [-0.3, -0.25) is 18.9 Å². The minimum Gasteiger partial charge on any atom is -0.756 e. The number of carbonyl (C=O) groups excluding carboxylic acids is 3. The number of esters is 2. The van der Waals surface area contributed by atoms with Crippen LogP contribution < -0.4 is 15.9 Å². The molecule has 0 aromatic heterocycles. The molecule has 0 rings (SSSR count). The number of unbranched alkanes of at least 4 members (excludes halogenated alkanes) is 32. The number of ether oxygens (including phenoxy) is 2. The number of hydrogen-bond acceptors (Lipinski definition) is 9. The van der Waals surface area contributed by atoms with Gasteiger partial charge in [-0.05, 0) is 32.1 Å². The van der Waals surface area contributed by atoms with Gasteiger partial charge in [-0.25, -0.2) is 0 Å². The van der Waals surface area contributed by atoms with Crippen LogP contribution in [0.5, 0.6) is 0 Å². The molecule has 362 valence electrons. The molecule has 0 aliphatic carbocycles. The molecule has 0 heterocycles. The van der Waals surface area contributed by atoms with E-state index < -0.39 is 32.5 Å². The van der Waals surface area contributed by atoms with E-state index >= 15 is 0 Å². The van der Waals surface area contributed by atoms with E-state index in [0.29, 0.717) is 19.3 Å². The molecule has 0 aromatic carbocycles. The number of amides is 1. The highest BCUT2D eigenvalue weighted by Gasteiger charge is 2.21. The quantitative estimate of drug-likeness (QED) is 0.0343. The second-order valence-corrected chi connectivity index (χ2v) is 18.9. The summed E-state index contributed by atoms with van der Waals surface area (Å²) in [5.74, 6) is -1.03. The minimum absolute atomic E-state index is 0.0239. The van der Waals surface area contributed by atoms with E-state index in [1.54, 1.807) is 0 Å². The lowest BCUT2D eigenvalue weighted by Crippen LogP contribution is -2.50. The van der Waals surface area contributed by atoms with Crippen molar-refractivity contribution in [2.24, 2.45) is 0 Å². The van der Waals surface area contributed by atoms with Crippen molar-refractivity contribution in [3.8, 4) is 0 Å². The van der Waals surface area contributed by atoms with Gasteiger partial charge in [0, 0.05) is 25.8 Å². The van der Waals surface area contributed by atoms with Crippen molar-refractivity contribution in [2.45, 2.75) is 264 Å². The molecule has 12 heteroatoms. The zero-order valence-corrected chi connectivity index (χ0v) is 40.7. The zero-order chi connectivity index (χ0) is 44.8. The Labute approximate surface area is 374 Å². The van der Waals surface area contributed by atoms with E-state index in [-0.39, 0.29) is 38.5 Å². The summed E-state index contributed by atoms with van der Waals surface area (Å²) in [6.07, 6.45) is 41.3. The SMILES string of the molecule is CCCCCCCCCCCCCCCC(=O)OC[C@H](COP(=O)([O-])OCCNC(=O)CCCCCCCCCCC[NH3+])OC(=O)CCCCCCCCCCCCCCC. The predicted molar refractivity (Wildman–Crippen MR) is 248 cm³/mol. The second kappa shape index (κ2) is 46.5. The number of phosphoric acid groups is 1. The average Bonchev–Trinajstić information content (AvgIpc) is 3.24. The van der Waals surface area contributed by atoms with Crippen molar-refractivity contribution in [2.75, 3.05) is 32.9 Å². The van der Waals surface area contributed by atoms with Crippen molar-refractivity contribution in [1.82, 2.24) is 5.32 Å². The van der Waals surface area contributed by atoms with E-state index in [0.717, 1.165) is 57.9 Å². The Bertz CT molecular complexity index is 1030. The van der Waals surface area contributed by atoms with Crippen LogP contribution >= 0.6 is 7.82 Å². The van der Waals surface area contributed by atoms with Crippen LogP contribution in [-0.4, -0.2) is 56.9 Å². The molecule has 0 saturated carbocycles. The number of hydrogen-bond donors (Lipinski definition) is 2. The Morgan fingerprint density at radius 3 is 1.26 bits per heavy atom. The van der Waals surface area contributed by atoms with Crippen molar-refractivity contribution >= 4 is 25.7 Å². The van der Waals surface area contributed by atoms with Gasteiger partial charge in [0.1, 0.15) is 6.61 Å². The number of phosphoric ester groups is 1. The maximum atomic E-state index is 12.8. The Morgan fingerprint density at radius 1 is 0.492 bits per heavy atom. The van der Waals surface area contributed by atoms with Crippen LogP contribution in [-0.2, 0) is 37.5 Å². The van der Waals surface area contributed by atoms with Crippen LogP contribution in [0.4, 0.5) is 0 Å². The summed E-state index contributed by atoms with van der Waals surface area (Å²) < 4.78 is 33.6. The van der Waals surface area contributed by atoms with Crippen LogP contribution in [0.25, 0.3) is 0 Å². The summed E-state index contributed by atoms with van der Waals surface area (Å²) in [6.45, 7) is 4.42. The van der Waals surface area contributed by atoms with Crippen molar-refractivity contribution < 1.29 is 48.1 Å². The van der Waals surface area contributed by atoms with Gasteiger partial charge in [0.2, 0.25) is 5.91 Å². The minimum atomic E-state index is -4.77. The zero-order valence-electron chi connectivity index (χ0n) is 39.8. The monoisotopic (exact) mass is 889 g/mol. The van der Waals surface area contributed by atoms with Gasteiger partial charge in [-0.2, -0.15) is 0 Å². The first-order valence-corrected chi connectivity index (χ1v) is 27.2. The van der Waals surface area contributed by atoms with Crippen molar-refractivity contribution in [3.63, 3.8) is 0 Å². The molecule has 1 unspecified atom stereocenters. The fraction of sp³-hybridized carbons (Fsp3) is 0.939. The third-order valence-electron chi connectivity index (χ3n) is 11.4. The normalized spacial score (nSPS) is 12.9. The fourth-order valence-corrected chi connectivity index (χ4v) is 8.28. The number of carbonyl (C=O) groups is 3. The van der Waals surface area contributed by atoms with E-state index in [9.17, 15) is 23.8 Å². The molecule has 0 fully saturated rings. The maximum absolute atomic E-state index is 12.8. The molecule has 11 nitrogen and oxygen atoms in total. The van der Waals surface area contributed by atoms with Gasteiger partial charge in [-0.1, -0.05) is 206 Å². The molecule has 4 N–H and O–H groups in total. The first-order valence-electron chi connectivity index (χ1n) is 25.7. The summed E-state index contributed by atoms with van der Waals surface area (Å²) in [7, 11) is -4.77. The molecule has 2 atom stereocenters. The number of rotatable bonds is 49. The van der Waals surface area contributed by atoms with Crippen molar-refractivity contribution in [3.05, 3.63) is 0 Å². The summed E-state index contributed by atoms with van der Waals surface area (Å²) in [5, 5.41) is 2.69. The van der Waals surface area contributed by atoms with Crippen LogP contribution in [0, 0.1) is 0 Å². The highest BCUT2D eigenvalue weighted by Crippen LogP contribution is 2.38. The Morgan fingerprint density at radius 2 is 0.852 bits per heavy atom. The lowest BCUT2D eigenvalue weighted by atomic mass is 10.0. The van der Waals surface area contributed by atoms with Crippen LogP contribution in [0.3, 0.4) is 0 Å². The summed E-state index contributed by atoms with van der Waals surface area (Å²) in [5.41, 5.74) is 3.88. The summed E-state index contributed by atoms with van der Waals surface area (Å²) >= 11 is 0. The van der Waals surface area contributed by atoms with Gasteiger partial charge >= 0.3 is 11.9 Å². The third kappa shape index (κ3) is 46.3. The first-order chi connectivity index (χ1) is 29.7. The van der Waals surface area contributed by atoms with Gasteiger partial charge in [0.05, 0.1) is 19.8 Å². The van der Waals surface area contributed by atoms with Gasteiger partial charge in [0.15, 0.2) is 6.10 Å². The fourth-order valence-electron chi connectivity index (χ4n) is 7.54. The highest BCUT2D eigenvalue weighted by atomic mass is 31.2. The third-order valence-corrected chi connectivity index (χ3v) is 12.4. The van der Waals surface area contributed by atoms with E-state index in [1.807, 2.05) is 0 Å². The number of nitrogens with one attached hydrogen (secondary N) is 1. The van der Waals surface area contributed by atoms with Crippen LogP contribution in [0.15, 0.2) is 0 Å². The number of quaternary nitrogens is 1. The van der Waals surface area contributed by atoms with Gasteiger partial charge < -0.3 is 34.5 Å². The highest BCUT2D eigenvalue weighted by molar-refractivity contribution is 7.45. The molecule has 0 spiro atoms. The van der Waals surface area contributed by atoms with E-state index in [2.05, 4.69) is 24.9 Å². The molecule has 0 aliphatic rings. The van der Waals surface area contributed by atoms with Gasteiger partial charge in [-0.15, -0.1) is 0 Å². The lowest BCUT2D eigenvalue weighted by molar-refractivity contribution is -0.368. The molecule has 0 aliphatic heterocycles. The molecule has 0 saturated heterocycles. The average molecular weight is 889 g/mol. The Balaban J connectivity index is 4.50. The molecule has 0 radical (unpaired) electrons. The molecule has 0 aromatic rings. The molecule has 1 amide bonds. The molecule has 0 bridgehead atoms. The Hall–Kier alpha value is -1.52. The molecular weight excluding hydrogens is 792 g/mol. The van der Waals surface area contributed by atoms with Crippen LogP contribution in [0.1, 0.15) is 258 Å². The molecule has 61 heavy (non-hydrogen) atoms. The lowest BCUT2D eigenvalue weighted by Gasteiger charge is -2.25. The largest absolute Gasteiger partial charge is 0.756 e. The second-order valence-electron chi connectivity index (χ2n) is 17.5. The molecular formula is C49H97N2O9P. The standard InChI is InChI=1S/C49H97N2O9P/c1-3-5-7-9-11-13-15-17-19-23-27-31-35-39-48(53)57-44-46(60-49(54)40-36-32-28-24-20-18-16-14-12-10-8-6-4-2)45-59-61(55,56)58-43-42-51-47(52)38-34-30-26-22-21-25-29-33-37-41-50/h46H,3-45,50H2,1-2H3,(H,51,52)(H,55,56)/t46-/m1/s1. The van der Waals surface area contributed by atoms with E-state index in [4.69, 9.17) is 18.5 Å². The van der Waals surface area contributed by atoms with Crippen LogP contribution in [0.2, 0.25) is 0 Å². The van der Waals surface area contributed by atoms with E-state index in [1.165, 1.54) is 161 Å². The summed E-state index contributed by atoms with van der Waals surface area (Å²) in [4.78, 5) is 50.1. The smallest absolute Gasteiger partial charge is 0.306 e. The first kappa shape index (κ1) is 59.5.